The van der Waals surface area contributed by atoms with Crippen molar-refractivity contribution >= 4 is 35.3 Å². The Labute approximate surface area is 276 Å². The van der Waals surface area contributed by atoms with Crippen LogP contribution in [0.2, 0.25) is 5.02 Å². The molecule has 12 nitrogen and oxygen atoms in total. The van der Waals surface area contributed by atoms with Crippen LogP contribution in [0.15, 0.2) is 35.9 Å². The fourth-order valence-corrected chi connectivity index (χ4v) is 6.11. The zero-order chi connectivity index (χ0) is 34.6. The third-order valence-corrected chi connectivity index (χ3v) is 9.73. The van der Waals surface area contributed by atoms with Crippen molar-refractivity contribution < 1.29 is 43.5 Å². The van der Waals surface area contributed by atoms with Gasteiger partial charge in [-0.25, -0.2) is 4.79 Å². The standard InChI is InChI=1S/C33H48ClN3O9/c1-18-11-10-12-26(44-9)33(42)17-25(45-31(40)36-33)19(2)20(3)32(5,41)27(46-30(39)21(4)35-6)16-28(38)37(7)23-14-22(13-18)15-24(43-8)29(23)34/h10-12,14-15,19-21,25-27,35,41-42H,13,16-17H2,1-9H3,(H,36,40)/b12-10+,18-11+/t19-,20-,21-,25-,26+,27-,32+,33-/m0/s1. The molecule has 13 heteroatoms. The van der Waals surface area contributed by atoms with E-state index in [-0.39, 0.29) is 11.4 Å². The summed E-state index contributed by atoms with van der Waals surface area (Å²) in [6.07, 6.45) is 1.25. The average Bonchev–Trinajstić information content (AvgIpc) is 3.00. The molecule has 3 rings (SSSR count). The molecule has 2 heterocycles. The first-order valence-corrected chi connectivity index (χ1v) is 15.7. The number of nitrogens with one attached hydrogen (secondary N) is 2. The number of nitrogens with zero attached hydrogens (tertiary/aromatic N) is 1. The number of carbonyl (C=O) groups is 3. The Kier molecular flexibility index (Phi) is 12.3. The summed E-state index contributed by atoms with van der Waals surface area (Å²) in [5.41, 5.74) is -1.52. The molecule has 8 atom stereocenters. The molecule has 1 aromatic rings. The molecule has 1 fully saturated rings. The van der Waals surface area contributed by atoms with E-state index in [1.807, 2.05) is 13.0 Å². The van der Waals surface area contributed by atoms with Gasteiger partial charge in [-0.1, -0.05) is 49.2 Å². The van der Waals surface area contributed by atoms with Gasteiger partial charge < -0.3 is 39.4 Å². The smallest absolute Gasteiger partial charge is 0.409 e. The van der Waals surface area contributed by atoms with Crippen LogP contribution in [0.4, 0.5) is 10.5 Å². The van der Waals surface area contributed by atoms with E-state index >= 15 is 0 Å². The summed E-state index contributed by atoms with van der Waals surface area (Å²) >= 11 is 6.68. The minimum absolute atomic E-state index is 0.0705. The second-order valence-electron chi connectivity index (χ2n) is 12.5. The number of amides is 2. The number of hydrogen-bond donors (Lipinski definition) is 4. The number of alkyl carbamates (subject to hydrolysis) is 1. The van der Waals surface area contributed by atoms with Crippen molar-refractivity contribution in [1.82, 2.24) is 10.6 Å². The number of carbonyl (C=O) groups excluding carboxylic acids is 3. The summed E-state index contributed by atoms with van der Waals surface area (Å²) in [4.78, 5) is 41.0. The second kappa shape index (κ2) is 15.2. The van der Waals surface area contributed by atoms with Crippen molar-refractivity contribution in [2.24, 2.45) is 11.8 Å². The molecule has 4 N–H and O–H groups in total. The van der Waals surface area contributed by atoms with E-state index in [2.05, 4.69) is 10.6 Å². The van der Waals surface area contributed by atoms with Crippen LogP contribution >= 0.6 is 11.6 Å². The number of rotatable bonds is 5. The number of methoxy groups -OCH3 is 2. The van der Waals surface area contributed by atoms with Gasteiger partial charge in [-0.2, -0.15) is 0 Å². The molecule has 2 aliphatic rings. The largest absolute Gasteiger partial charge is 0.495 e. The highest BCUT2D eigenvalue weighted by Crippen LogP contribution is 2.40. The number of hydrogen-bond acceptors (Lipinski definition) is 10. The van der Waals surface area contributed by atoms with Crippen molar-refractivity contribution in [3.63, 3.8) is 0 Å². The fraction of sp³-hybridized carbons (Fsp3) is 0.606. The van der Waals surface area contributed by atoms with E-state index in [9.17, 15) is 24.6 Å². The first-order valence-electron chi connectivity index (χ1n) is 15.3. The highest BCUT2D eigenvalue weighted by atomic mass is 35.5. The summed E-state index contributed by atoms with van der Waals surface area (Å²) in [7, 11) is 6.05. The van der Waals surface area contributed by atoms with Crippen molar-refractivity contribution in [3.8, 4) is 5.75 Å². The highest BCUT2D eigenvalue weighted by Gasteiger charge is 2.51. The van der Waals surface area contributed by atoms with Crippen LogP contribution in [0.5, 0.6) is 5.75 Å². The van der Waals surface area contributed by atoms with Gasteiger partial charge in [-0.15, -0.1) is 0 Å². The van der Waals surface area contributed by atoms with Crippen molar-refractivity contribution in [3.05, 3.63) is 46.5 Å². The summed E-state index contributed by atoms with van der Waals surface area (Å²) in [6.45, 7) is 8.47. The molecule has 2 aliphatic heterocycles. The second-order valence-corrected chi connectivity index (χ2v) is 12.9. The summed E-state index contributed by atoms with van der Waals surface area (Å²) in [5, 5.41) is 29.2. The Morgan fingerprint density at radius 1 is 1.24 bits per heavy atom. The number of esters is 1. The molecule has 0 aromatic heterocycles. The molecule has 256 valence electrons. The van der Waals surface area contributed by atoms with Gasteiger partial charge in [0.15, 0.2) is 5.72 Å². The molecular formula is C33H48ClN3O9. The molecular weight excluding hydrogens is 618 g/mol. The van der Waals surface area contributed by atoms with Crippen LogP contribution in [-0.2, 0) is 30.2 Å². The van der Waals surface area contributed by atoms with Gasteiger partial charge in [-0.05, 0) is 63.8 Å². The normalized spacial score (nSPS) is 33.6. The number of aliphatic hydroxyl groups is 2. The van der Waals surface area contributed by atoms with Crippen LogP contribution in [0.25, 0.3) is 0 Å². The number of fused-ring (bicyclic) bond motifs is 4. The quantitative estimate of drug-likeness (QED) is 0.344. The van der Waals surface area contributed by atoms with Gasteiger partial charge in [0.25, 0.3) is 0 Å². The lowest BCUT2D eigenvalue weighted by Crippen LogP contribution is -2.64. The zero-order valence-electron chi connectivity index (χ0n) is 28.0. The monoisotopic (exact) mass is 665 g/mol. The van der Waals surface area contributed by atoms with Crippen LogP contribution < -0.4 is 20.3 Å². The molecule has 0 aliphatic carbocycles. The molecule has 2 amide bonds. The van der Waals surface area contributed by atoms with E-state index in [1.54, 1.807) is 59.2 Å². The number of ether oxygens (including phenoxy) is 4. The summed E-state index contributed by atoms with van der Waals surface area (Å²) in [5.74, 6) is -2.07. The minimum Gasteiger partial charge on any atom is -0.495 e. The molecule has 0 spiro atoms. The average molecular weight is 666 g/mol. The van der Waals surface area contributed by atoms with Gasteiger partial charge in [0, 0.05) is 20.6 Å². The molecule has 1 saturated heterocycles. The topological polar surface area (TPSA) is 156 Å². The van der Waals surface area contributed by atoms with Crippen molar-refractivity contribution in [1.29, 1.82) is 0 Å². The first-order chi connectivity index (χ1) is 21.5. The predicted octanol–water partition coefficient (Wildman–Crippen LogP) is 3.51. The van der Waals surface area contributed by atoms with Crippen molar-refractivity contribution in [2.75, 3.05) is 33.2 Å². The minimum atomic E-state index is -1.83. The molecule has 1 aromatic carbocycles. The lowest BCUT2D eigenvalue weighted by atomic mass is 9.73. The maximum Gasteiger partial charge on any atom is 0.409 e. The molecule has 0 saturated carbocycles. The number of allylic oxidation sites excluding steroid dienone is 3. The predicted molar refractivity (Wildman–Crippen MR) is 174 cm³/mol. The van der Waals surface area contributed by atoms with Gasteiger partial charge in [0.1, 0.15) is 40.7 Å². The number of halogens is 1. The zero-order valence-corrected chi connectivity index (χ0v) is 28.8. The van der Waals surface area contributed by atoms with Gasteiger partial charge in [0.2, 0.25) is 5.91 Å². The number of anilines is 1. The lowest BCUT2D eigenvalue weighted by molar-refractivity contribution is -0.183. The molecule has 4 bridgehead atoms. The van der Waals surface area contributed by atoms with E-state index in [1.165, 1.54) is 26.0 Å². The van der Waals surface area contributed by atoms with Crippen LogP contribution in [-0.4, -0.2) is 92.2 Å². The van der Waals surface area contributed by atoms with Crippen LogP contribution in [0, 0.1) is 11.8 Å². The summed E-state index contributed by atoms with van der Waals surface area (Å²) < 4.78 is 22.5. The Morgan fingerprint density at radius 3 is 2.52 bits per heavy atom. The Balaban J connectivity index is 2.19. The molecule has 0 unspecified atom stereocenters. The third-order valence-electron chi connectivity index (χ3n) is 9.35. The maximum atomic E-state index is 13.9. The number of benzene rings is 1. The number of likely N-dealkylation sites (N-methyl/N-ethyl adjacent to an activating group) is 1. The Morgan fingerprint density at radius 2 is 1.91 bits per heavy atom. The van der Waals surface area contributed by atoms with Gasteiger partial charge >= 0.3 is 12.1 Å². The highest BCUT2D eigenvalue weighted by molar-refractivity contribution is 6.35. The van der Waals surface area contributed by atoms with Gasteiger partial charge in [0.05, 0.1) is 19.2 Å². The summed E-state index contributed by atoms with van der Waals surface area (Å²) in [6, 6.07) is 2.84. The molecule has 46 heavy (non-hydrogen) atoms. The van der Waals surface area contributed by atoms with E-state index in [0.29, 0.717) is 17.9 Å². The lowest BCUT2D eigenvalue weighted by Gasteiger charge is -2.46. The third kappa shape index (κ3) is 8.21. The van der Waals surface area contributed by atoms with Crippen LogP contribution in [0.3, 0.4) is 0 Å². The molecule has 0 radical (unpaired) electrons. The van der Waals surface area contributed by atoms with Crippen molar-refractivity contribution in [2.45, 2.75) is 89.6 Å². The fourth-order valence-electron chi connectivity index (χ4n) is 5.80. The maximum absolute atomic E-state index is 13.9. The van der Waals surface area contributed by atoms with E-state index in [4.69, 9.17) is 30.5 Å². The Hall–Kier alpha value is -3.16. The Bertz CT molecular complexity index is 1350. The SMILES string of the molecule is CN[C@@H](C)C(=O)O[C@H]1CC(=O)N(C)c2cc(cc(OC)c2Cl)C/C(C)=C/C=C/[C@@H](OC)[C@@]2(O)C[C@H](OC(=O)N2)[C@@H](C)[C@H](C)[C@@]1(C)O. The van der Waals surface area contributed by atoms with E-state index in [0.717, 1.165) is 11.1 Å². The van der Waals surface area contributed by atoms with E-state index < -0.39 is 71.9 Å². The van der Waals surface area contributed by atoms with Gasteiger partial charge in [-0.3, -0.25) is 14.9 Å². The first kappa shape index (κ1) is 37.3. The van der Waals surface area contributed by atoms with Crippen LogP contribution in [0.1, 0.15) is 53.0 Å².